The highest BCUT2D eigenvalue weighted by atomic mass is 16.6. The van der Waals surface area contributed by atoms with Crippen LogP contribution in [0.15, 0.2) is 48.0 Å². The smallest absolute Gasteiger partial charge is 0.341 e. The molecule has 12 heteroatoms. The van der Waals surface area contributed by atoms with Gasteiger partial charge in [0.05, 0.1) is 17.7 Å². The van der Waals surface area contributed by atoms with E-state index < -0.39 is 35.3 Å². The van der Waals surface area contributed by atoms with Gasteiger partial charge in [-0.3, -0.25) is 25.0 Å². The average Bonchev–Trinajstić information content (AvgIpc) is 2.75. The zero-order valence-electron chi connectivity index (χ0n) is 16.4. The summed E-state index contributed by atoms with van der Waals surface area (Å²) in [6.07, 6.45) is 1.21. The Morgan fingerprint density at radius 1 is 1.16 bits per heavy atom. The first-order valence-corrected chi connectivity index (χ1v) is 8.90. The number of urea groups is 1. The Kier molecular flexibility index (Phi) is 6.14. The number of nitro benzene ring substituents is 1. The molecule has 164 valence electrons. The van der Waals surface area contributed by atoms with Crippen molar-refractivity contribution >= 4 is 41.3 Å². The van der Waals surface area contributed by atoms with E-state index in [1.807, 2.05) is 5.32 Å². The molecule has 1 fully saturated rings. The van der Waals surface area contributed by atoms with Gasteiger partial charge in [0.2, 0.25) is 0 Å². The number of anilines is 1. The van der Waals surface area contributed by atoms with Crippen LogP contribution in [-0.2, 0) is 14.4 Å². The topological polar surface area (TPSA) is 165 Å². The normalized spacial score (nSPS) is 14.8. The van der Waals surface area contributed by atoms with Gasteiger partial charge in [0.1, 0.15) is 5.57 Å². The van der Waals surface area contributed by atoms with E-state index in [9.17, 15) is 29.3 Å². The number of amides is 4. The lowest BCUT2D eigenvalue weighted by atomic mass is 10.1. The number of rotatable bonds is 7. The number of non-ortho nitro benzene ring substituents is 1. The van der Waals surface area contributed by atoms with Crippen molar-refractivity contribution < 1.29 is 38.7 Å². The van der Waals surface area contributed by atoms with Gasteiger partial charge in [-0.15, -0.1) is 0 Å². The minimum atomic E-state index is -1.18. The molecule has 1 aliphatic heterocycles. The Morgan fingerprint density at radius 3 is 2.44 bits per heavy atom. The number of carboxylic acids is 1. The molecule has 1 saturated heterocycles. The Bertz CT molecular complexity index is 1160. The Hall–Kier alpha value is -4.74. The molecule has 0 bridgehead atoms. The number of barbiturate groups is 1. The minimum Gasteiger partial charge on any atom is -0.493 e. The van der Waals surface area contributed by atoms with E-state index in [0.717, 1.165) is 12.1 Å². The first-order chi connectivity index (χ1) is 15.2. The van der Waals surface area contributed by atoms with Crippen LogP contribution in [-0.4, -0.2) is 47.6 Å². The molecule has 32 heavy (non-hydrogen) atoms. The number of hydrogen-bond acceptors (Lipinski definition) is 8. The van der Waals surface area contributed by atoms with Crippen molar-refractivity contribution in [2.24, 2.45) is 0 Å². The van der Waals surface area contributed by atoms with Crippen molar-refractivity contribution in [3.8, 4) is 11.5 Å². The van der Waals surface area contributed by atoms with Crippen LogP contribution >= 0.6 is 0 Å². The lowest BCUT2D eigenvalue weighted by Crippen LogP contribution is -2.54. The minimum absolute atomic E-state index is 0.0338. The van der Waals surface area contributed by atoms with E-state index in [0.29, 0.717) is 10.5 Å². The predicted octanol–water partition coefficient (Wildman–Crippen LogP) is 1.73. The van der Waals surface area contributed by atoms with E-state index in [1.54, 1.807) is 0 Å². The van der Waals surface area contributed by atoms with Crippen LogP contribution in [0.5, 0.6) is 11.5 Å². The van der Waals surface area contributed by atoms with Gasteiger partial charge < -0.3 is 14.6 Å². The number of ether oxygens (including phenoxy) is 2. The largest absolute Gasteiger partial charge is 0.493 e. The molecule has 4 amide bonds. The lowest BCUT2D eigenvalue weighted by molar-refractivity contribution is -0.384. The van der Waals surface area contributed by atoms with Crippen molar-refractivity contribution in [1.29, 1.82) is 0 Å². The third-order valence-corrected chi connectivity index (χ3v) is 4.27. The molecule has 0 saturated carbocycles. The summed E-state index contributed by atoms with van der Waals surface area (Å²) in [4.78, 5) is 58.9. The molecule has 1 heterocycles. The molecule has 0 aliphatic carbocycles. The van der Waals surface area contributed by atoms with Gasteiger partial charge in [-0.05, 0) is 35.9 Å². The fourth-order valence-electron chi connectivity index (χ4n) is 2.81. The van der Waals surface area contributed by atoms with Crippen LogP contribution in [0.25, 0.3) is 6.08 Å². The number of methoxy groups -OCH3 is 1. The number of imide groups is 2. The van der Waals surface area contributed by atoms with Crippen molar-refractivity contribution in [3.05, 3.63) is 63.7 Å². The first-order valence-electron chi connectivity index (χ1n) is 8.90. The molecule has 2 aromatic rings. The standard InChI is InChI=1S/C20H15N3O9/c1-31-16-9-11(2-7-15(16)32-10-17(24)25)8-14-18(26)21-20(28)22(19(14)27)12-3-5-13(6-4-12)23(29)30/h2-9H,10H2,1H3,(H,24,25)(H,21,26,28)/b14-8+. The molecule has 2 N–H and O–H groups in total. The summed E-state index contributed by atoms with van der Waals surface area (Å²) in [5, 5.41) is 21.6. The number of carboxylic acid groups (broad SMARTS) is 1. The molecule has 0 aromatic heterocycles. The van der Waals surface area contributed by atoms with Gasteiger partial charge in [0.15, 0.2) is 18.1 Å². The molecule has 12 nitrogen and oxygen atoms in total. The molecule has 2 aromatic carbocycles. The van der Waals surface area contributed by atoms with Gasteiger partial charge in [0, 0.05) is 12.1 Å². The SMILES string of the molecule is COc1cc(/C=C2\C(=O)NC(=O)N(c3ccc([N+](=O)[O-])cc3)C2=O)ccc1OCC(=O)O. The summed E-state index contributed by atoms with van der Waals surface area (Å²) in [5.74, 6) is -2.74. The van der Waals surface area contributed by atoms with E-state index in [4.69, 9.17) is 14.6 Å². The maximum atomic E-state index is 12.9. The summed E-state index contributed by atoms with van der Waals surface area (Å²) in [7, 11) is 1.33. The predicted molar refractivity (Wildman–Crippen MR) is 108 cm³/mol. The van der Waals surface area contributed by atoms with E-state index in [2.05, 4.69) is 0 Å². The quantitative estimate of drug-likeness (QED) is 0.282. The van der Waals surface area contributed by atoms with Crippen LogP contribution in [0.1, 0.15) is 5.56 Å². The number of nitro groups is 1. The third kappa shape index (κ3) is 4.53. The third-order valence-electron chi connectivity index (χ3n) is 4.27. The number of nitrogens with one attached hydrogen (secondary N) is 1. The average molecular weight is 441 g/mol. The van der Waals surface area contributed by atoms with E-state index >= 15 is 0 Å². The fraction of sp³-hybridized carbons (Fsp3) is 0.100. The lowest BCUT2D eigenvalue weighted by Gasteiger charge is -2.26. The second kappa shape index (κ2) is 8.95. The summed E-state index contributed by atoms with van der Waals surface area (Å²) in [5.41, 5.74) is -0.237. The van der Waals surface area contributed by atoms with Gasteiger partial charge in [0.25, 0.3) is 17.5 Å². The van der Waals surface area contributed by atoms with Gasteiger partial charge in [-0.2, -0.15) is 0 Å². The van der Waals surface area contributed by atoms with Crippen LogP contribution in [0.3, 0.4) is 0 Å². The van der Waals surface area contributed by atoms with Gasteiger partial charge in [-0.25, -0.2) is 14.5 Å². The summed E-state index contributed by atoms with van der Waals surface area (Å²) < 4.78 is 10.2. The maximum absolute atomic E-state index is 12.9. The summed E-state index contributed by atoms with van der Waals surface area (Å²) >= 11 is 0. The number of hydrogen-bond donors (Lipinski definition) is 2. The molecule has 0 unspecified atom stereocenters. The maximum Gasteiger partial charge on any atom is 0.341 e. The fourth-order valence-corrected chi connectivity index (χ4v) is 2.81. The van der Waals surface area contributed by atoms with E-state index in [1.165, 1.54) is 43.5 Å². The Morgan fingerprint density at radius 2 is 1.84 bits per heavy atom. The van der Waals surface area contributed by atoms with Crippen LogP contribution in [0.2, 0.25) is 0 Å². The number of carbonyl (C=O) groups excluding carboxylic acids is 3. The molecule has 0 radical (unpaired) electrons. The molecule has 1 aliphatic rings. The van der Waals surface area contributed by atoms with Crippen molar-refractivity contribution in [3.63, 3.8) is 0 Å². The van der Waals surface area contributed by atoms with E-state index in [-0.39, 0.29) is 28.4 Å². The van der Waals surface area contributed by atoms with Gasteiger partial charge >= 0.3 is 12.0 Å². The zero-order valence-corrected chi connectivity index (χ0v) is 16.4. The molecular weight excluding hydrogens is 426 g/mol. The highest BCUT2D eigenvalue weighted by Crippen LogP contribution is 2.30. The van der Waals surface area contributed by atoms with Crippen LogP contribution in [0.4, 0.5) is 16.2 Å². The first kappa shape index (κ1) is 22.0. The van der Waals surface area contributed by atoms with Crippen molar-refractivity contribution in [1.82, 2.24) is 5.32 Å². The second-order valence-electron chi connectivity index (χ2n) is 6.32. The van der Waals surface area contributed by atoms with Crippen LogP contribution in [0, 0.1) is 10.1 Å². The van der Waals surface area contributed by atoms with Crippen molar-refractivity contribution in [2.45, 2.75) is 0 Å². The Labute approximate surface area is 179 Å². The van der Waals surface area contributed by atoms with Gasteiger partial charge in [-0.1, -0.05) is 6.07 Å². The van der Waals surface area contributed by atoms with Crippen molar-refractivity contribution in [2.75, 3.05) is 18.6 Å². The summed E-state index contributed by atoms with van der Waals surface area (Å²) in [6, 6.07) is 7.94. The Balaban J connectivity index is 1.93. The number of benzene rings is 2. The molecule has 3 rings (SSSR count). The number of nitrogens with zero attached hydrogens (tertiary/aromatic N) is 2. The monoisotopic (exact) mass is 441 g/mol. The highest BCUT2D eigenvalue weighted by Gasteiger charge is 2.37. The summed E-state index contributed by atoms with van der Waals surface area (Å²) in [6.45, 7) is -0.593. The molecule has 0 spiro atoms. The molecule has 0 atom stereocenters. The number of carbonyl (C=O) groups is 4. The number of aliphatic carboxylic acids is 1. The zero-order chi connectivity index (χ0) is 23.4. The van der Waals surface area contributed by atoms with Crippen LogP contribution < -0.4 is 19.7 Å². The highest BCUT2D eigenvalue weighted by molar-refractivity contribution is 6.39. The molecular formula is C20H15N3O9. The second-order valence-corrected chi connectivity index (χ2v) is 6.32.